The molecule has 2 N–H and O–H groups in total. The van der Waals surface area contributed by atoms with Gasteiger partial charge in [-0.1, -0.05) is 24.3 Å². The van der Waals surface area contributed by atoms with Crippen LogP contribution in [0.3, 0.4) is 0 Å². The molecule has 0 bridgehead atoms. The fourth-order valence-electron chi connectivity index (χ4n) is 2.85. The molecule has 0 spiro atoms. The lowest BCUT2D eigenvalue weighted by Crippen LogP contribution is -2.41. The van der Waals surface area contributed by atoms with Crippen molar-refractivity contribution >= 4 is 35.0 Å². The van der Waals surface area contributed by atoms with Crippen molar-refractivity contribution in [3.05, 3.63) is 64.6 Å². The number of imide groups is 1. The molecule has 1 saturated heterocycles. The smallest absolute Gasteiger partial charge is 0.315 e. The van der Waals surface area contributed by atoms with Crippen LogP contribution in [0.1, 0.15) is 11.1 Å². The zero-order valence-electron chi connectivity index (χ0n) is 17.2. The van der Waals surface area contributed by atoms with Crippen LogP contribution < -0.4 is 20.1 Å². The zero-order chi connectivity index (χ0) is 22.2. The lowest BCUT2D eigenvalue weighted by Gasteiger charge is -2.13. The van der Waals surface area contributed by atoms with Crippen molar-refractivity contribution in [2.45, 2.75) is 6.54 Å². The first-order valence-corrected chi connectivity index (χ1v) is 10.4. The van der Waals surface area contributed by atoms with Gasteiger partial charge in [-0.2, -0.15) is 0 Å². The fraction of sp³-hybridized carbons (Fsp3) is 0.227. The predicted octanol–water partition coefficient (Wildman–Crippen LogP) is 3.24. The van der Waals surface area contributed by atoms with E-state index in [-0.39, 0.29) is 30.3 Å². The highest BCUT2D eigenvalue weighted by Gasteiger charge is 2.34. The molecule has 0 radical (unpaired) electrons. The number of rotatable bonds is 8. The number of hydrogen-bond acceptors (Lipinski definition) is 6. The normalized spacial score (nSPS) is 14.6. The van der Waals surface area contributed by atoms with Crippen LogP contribution in [0.2, 0.25) is 0 Å². The van der Waals surface area contributed by atoms with Gasteiger partial charge in [0, 0.05) is 19.6 Å². The average molecular weight is 442 g/mol. The summed E-state index contributed by atoms with van der Waals surface area (Å²) in [6.45, 7) is 0.574. The molecule has 1 aliphatic rings. The van der Waals surface area contributed by atoms with Crippen molar-refractivity contribution in [1.29, 1.82) is 0 Å². The minimum atomic E-state index is -0.386. The molecule has 0 aliphatic carbocycles. The van der Waals surface area contributed by atoms with Crippen molar-refractivity contribution < 1.29 is 23.9 Å². The third kappa shape index (κ3) is 6.02. The fourth-order valence-corrected chi connectivity index (χ4v) is 3.72. The number of amides is 4. The highest BCUT2D eigenvalue weighted by molar-refractivity contribution is 8.18. The molecule has 0 aromatic heterocycles. The van der Waals surface area contributed by atoms with E-state index in [1.807, 2.05) is 24.3 Å². The summed E-state index contributed by atoms with van der Waals surface area (Å²) >= 11 is 0.884. The zero-order valence-corrected chi connectivity index (χ0v) is 18.0. The molecule has 4 amide bonds. The van der Waals surface area contributed by atoms with Crippen LogP contribution in [0.5, 0.6) is 11.5 Å². The quantitative estimate of drug-likeness (QED) is 0.611. The first-order chi connectivity index (χ1) is 15.0. The van der Waals surface area contributed by atoms with Gasteiger partial charge in [-0.05, 0) is 53.2 Å². The standard InChI is InChI=1S/C22H23N3O5S/c1-29-17-8-6-15(7-9-17)13-19-20(26)25(22(28)31-19)11-10-23-21(27)24-14-16-4-3-5-18(12-16)30-2/h3-9,12-13H,10-11,14H2,1-2H3,(H2,23,24,27)/b19-13-. The Hall–Kier alpha value is -3.46. The monoisotopic (exact) mass is 441 g/mol. The summed E-state index contributed by atoms with van der Waals surface area (Å²) in [4.78, 5) is 38.2. The molecule has 162 valence electrons. The van der Waals surface area contributed by atoms with Gasteiger partial charge in [0.2, 0.25) is 0 Å². The van der Waals surface area contributed by atoms with Gasteiger partial charge in [-0.15, -0.1) is 0 Å². The van der Waals surface area contributed by atoms with Gasteiger partial charge >= 0.3 is 6.03 Å². The lowest BCUT2D eigenvalue weighted by atomic mass is 10.2. The summed E-state index contributed by atoms with van der Waals surface area (Å²) in [5, 5.41) is 5.03. The summed E-state index contributed by atoms with van der Waals surface area (Å²) in [6, 6.07) is 14.2. The highest BCUT2D eigenvalue weighted by atomic mass is 32.2. The number of carbonyl (C=O) groups is 3. The van der Waals surface area contributed by atoms with E-state index in [9.17, 15) is 14.4 Å². The second kappa shape index (κ2) is 10.5. The minimum absolute atomic E-state index is 0.0944. The van der Waals surface area contributed by atoms with E-state index in [0.29, 0.717) is 22.9 Å². The summed E-state index contributed by atoms with van der Waals surface area (Å²) in [7, 11) is 3.16. The van der Waals surface area contributed by atoms with Crippen molar-refractivity contribution in [2.75, 3.05) is 27.3 Å². The summed E-state index contributed by atoms with van der Waals surface area (Å²) in [5.41, 5.74) is 1.69. The number of urea groups is 1. The van der Waals surface area contributed by atoms with Crippen LogP contribution in [0.4, 0.5) is 9.59 Å². The van der Waals surface area contributed by atoms with Gasteiger partial charge in [0.05, 0.1) is 19.1 Å². The topological polar surface area (TPSA) is 97.0 Å². The van der Waals surface area contributed by atoms with Crippen LogP contribution in [-0.2, 0) is 11.3 Å². The van der Waals surface area contributed by atoms with Gasteiger partial charge in [-0.3, -0.25) is 14.5 Å². The number of nitrogens with zero attached hydrogens (tertiary/aromatic N) is 1. The van der Waals surface area contributed by atoms with Crippen LogP contribution in [0.15, 0.2) is 53.4 Å². The van der Waals surface area contributed by atoms with Crippen LogP contribution >= 0.6 is 11.8 Å². The number of nitrogens with one attached hydrogen (secondary N) is 2. The largest absolute Gasteiger partial charge is 0.497 e. The molecule has 1 fully saturated rings. The molecule has 2 aromatic rings. The van der Waals surface area contributed by atoms with Gasteiger partial charge in [0.1, 0.15) is 11.5 Å². The molecule has 1 aliphatic heterocycles. The van der Waals surface area contributed by atoms with Gasteiger partial charge in [0.15, 0.2) is 0 Å². The molecule has 3 rings (SSSR count). The Morgan fingerprint density at radius 3 is 2.48 bits per heavy atom. The first-order valence-electron chi connectivity index (χ1n) is 9.54. The molecule has 1 heterocycles. The van der Waals surface area contributed by atoms with Crippen molar-refractivity contribution in [2.24, 2.45) is 0 Å². The SMILES string of the molecule is COc1ccc(/C=C2\SC(=O)N(CCNC(=O)NCc3cccc(OC)c3)C2=O)cc1. The Kier molecular flexibility index (Phi) is 7.55. The Bertz CT molecular complexity index is 991. The maximum Gasteiger partial charge on any atom is 0.315 e. The predicted molar refractivity (Wildman–Crippen MR) is 119 cm³/mol. The van der Waals surface area contributed by atoms with E-state index >= 15 is 0 Å². The van der Waals surface area contributed by atoms with Gasteiger partial charge in [-0.25, -0.2) is 4.79 Å². The second-order valence-corrected chi connectivity index (χ2v) is 7.56. The van der Waals surface area contributed by atoms with Crippen molar-refractivity contribution in [3.8, 4) is 11.5 Å². The van der Waals surface area contributed by atoms with E-state index in [4.69, 9.17) is 9.47 Å². The Labute approximate surface area is 184 Å². The minimum Gasteiger partial charge on any atom is -0.497 e. The van der Waals surface area contributed by atoms with E-state index in [1.54, 1.807) is 44.6 Å². The molecule has 8 nitrogen and oxygen atoms in total. The number of ether oxygens (including phenoxy) is 2. The van der Waals surface area contributed by atoms with E-state index in [1.165, 1.54) is 0 Å². The van der Waals surface area contributed by atoms with Gasteiger partial charge < -0.3 is 20.1 Å². The lowest BCUT2D eigenvalue weighted by molar-refractivity contribution is -0.122. The third-order valence-electron chi connectivity index (χ3n) is 4.50. The maximum absolute atomic E-state index is 12.5. The number of thioether (sulfide) groups is 1. The molecule has 31 heavy (non-hydrogen) atoms. The number of carbonyl (C=O) groups excluding carboxylic acids is 3. The van der Waals surface area contributed by atoms with Crippen LogP contribution in [-0.4, -0.2) is 49.4 Å². The van der Waals surface area contributed by atoms with E-state index < -0.39 is 0 Å². The number of methoxy groups -OCH3 is 2. The average Bonchev–Trinajstić information content (AvgIpc) is 3.05. The van der Waals surface area contributed by atoms with E-state index in [0.717, 1.165) is 27.8 Å². The molecular formula is C22H23N3O5S. The van der Waals surface area contributed by atoms with Crippen LogP contribution in [0, 0.1) is 0 Å². The number of hydrogen-bond donors (Lipinski definition) is 2. The van der Waals surface area contributed by atoms with Gasteiger partial charge in [0.25, 0.3) is 11.1 Å². The summed E-state index contributed by atoms with van der Waals surface area (Å²) < 4.78 is 10.3. The van der Waals surface area contributed by atoms with Crippen LogP contribution in [0.25, 0.3) is 6.08 Å². The second-order valence-electron chi connectivity index (χ2n) is 6.57. The van der Waals surface area contributed by atoms with Crippen molar-refractivity contribution in [1.82, 2.24) is 15.5 Å². The molecular weight excluding hydrogens is 418 g/mol. The molecule has 9 heteroatoms. The first kappa shape index (κ1) is 22.2. The highest BCUT2D eigenvalue weighted by Crippen LogP contribution is 2.32. The molecule has 0 atom stereocenters. The molecule has 0 saturated carbocycles. The Balaban J connectivity index is 1.47. The number of benzene rings is 2. The van der Waals surface area contributed by atoms with E-state index in [2.05, 4.69) is 10.6 Å². The Morgan fingerprint density at radius 1 is 1.03 bits per heavy atom. The third-order valence-corrected chi connectivity index (χ3v) is 5.40. The Morgan fingerprint density at radius 2 is 1.77 bits per heavy atom. The molecule has 2 aromatic carbocycles. The summed E-state index contributed by atoms with van der Waals surface area (Å²) in [5.74, 6) is 1.05. The maximum atomic E-state index is 12.5. The van der Waals surface area contributed by atoms with Crippen molar-refractivity contribution in [3.63, 3.8) is 0 Å². The summed E-state index contributed by atoms with van der Waals surface area (Å²) in [6.07, 6.45) is 1.67. The molecule has 0 unspecified atom stereocenters.